The predicted octanol–water partition coefficient (Wildman–Crippen LogP) is 1.79. The second-order valence-electron chi connectivity index (χ2n) is 6.52. The van der Waals surface area contributed by atoms with E-state index in [0.29, 0.717) is 17.5 Å². The molecular formula is C16H15ClN6O. The Morgan fingerprint density at radius 1 is 1.21 bits per heavy atom. The number of imidazole rings is 1. The predicted molar refractivity (Wildman–Crippen MR) is 90.5 cm³/mol. The molecule has 2 atom stereocenters. The van der Waals surface area contributed by atoms with Crippen LogP contribution in [0.15, 0.2) is 29.3 Å². The van der Waals surface area contributed by atoms with Crippen molar-refractivity contribution in [3.05, 3.63) is 45.9 Å². The van der Waals surface area contributed by atoms with Gasteiger partial charge in [-0.1, -0.05) is 6.07 Å². The van der Waals surface area contributed by atoms with Gasteiger partial charge >= 0.3 is 0 Å². The van der Waals surface area contributed by atoms with Gasteiger partial charge in [0.2, 0.25) is 5.28 Å². The van der Waals surface area contributed by atoms with Gasteiger partial charge in [0.15, 0.2) is 11.5 Å². The summed E-state index contributed by atoms with van der Waals surface area (Å²) in [7, 11) is 0. The molecule has 122 valence electrons. The van der Waals surface area contributed by atoms with Crippen molar-refractivity contribution in [2.45, 2.75) is 18.9 Å². The fourth-order valence-corrected chi connectivity index (χ4v) is 4.25. The van der Waals surface area contributed by atoms with Gasteiger partial charge in [-0.2, -0.15) is 9.97 Å². The van der Waals surface area contributed by atoms with Crippen LogP contribution in [-0.2, 0) is 6.54 Å². The van der Waals surface area contributed by atoms with Gasteiger partial charge in [0, 0.05) is 37.3 Å². The number of pyridine rings is 1. The maximum atomic E-state index is 12.1. The fourth-order valence-electron chi connectivity index (χ4n) is 4.09. The first-order valence-corrected chi connectivity index (χ1v) is 8.38. The van der Waals surface area contributed by atoms with Crippen LogP contribution in [0.4, 0.5) is 5.82 Å². The molecule has 1 saturated heterocycles. The summed E-state index contributed by atoms with van der Waals surface area (Å²) in [6.07, 6.45) is 2.71. The van der Waals surface area contributed by atoms with Crippen molar-refractivity contribution in [2.24, 2.45) is 5.92 Å². The Hall–Kier alpha value is -2.41. The first kappa shape index (κ1) is 14.0. The van der Waals surface area contributed by atoms with E-state index in [1.165, 1.54) is 0 Å². The van der Waals surface area contributed by atoms with Crippen molar-refractivity contribution in [1.82, 2.24) is 24.5 Å². The number of hydrogen-bond acceptors (Lipinski definition) is 5. The highest BCUT2D eigenvalue weighted by molar-refractivity contribution is 6.28. The highest BCUT2D eigenvalue weighted by Gasteiger charge is 2.35. The number of anilines is 1. The van der Waals surface area contributed by atoms with Crippen molar-refractivity contribution < 1.29 is 0 Å². The molecule has 0 saturated carbocycles. The Bertz CT molecular complexity index is 996. The maximum absolute atomic E-state index is 12.1. The minimum atomic E-state index is 0.0942. The third-order valence-electron chi connectivity index (χ3n) is 5.02. The number of halogens is 1. The van der Waals surface area contributed by atoms with Crippen molar-refractivity contribution in [3.8, 4) is 0 Å². The number of nitrogens with zero attached hydrogens (tertiary/aromatic N) is 5. The summed E-state index contributed by atoms with van der Waals surface area (Å²) in [5.41, 5.74) is 2.60. The molecule has 8 heteroatoms. The number of piperidine rings is 1. The molecule has 0 aliphatic carbocycles. The molecular weight excluding hydrogens is 328 g/mol. The molecule has 1 N–H and O–H groups in total. The molecule has 0 aromatic carbocycles. The van der Waals surface area contributed by atoms with E-state index in [2.05, 4.69) is 30.9 Å². The van der Waals surface area contributed by atoms with Gasteiger partial charge in [-0.3, -0.25) is 4.79 Å². The van der Waals surface area contributed by atoms with Crippen molar-refractivity contribution in [2.75, 3.05) is 18.0 Å². The molecule has 0 spiro atoms. The molecule has 5 heterocycles. The molecule has 0 unspecified atom stereocenters. The average molecular weight is 343 g/mol. The van der Waals surface area contributed by atoms with E-state index in [-0.39, 0.29) is 10.8 Å². The SMILES string of the molecule is O=c1cccc2n1C[C@H]1C[C@H]2CN(c2nc(Cl)nc3nc[nH]c23)C1. The molecule has 5 rings (SSSR count). The van der Waals surface area contributed by atoms with Crippen molar-refractivity contribution in [1.29, 1.82) is 0 Å². The first-order valence-electron chi connectivity index (χ1n) is 8.00. The second-order valence-corrected chi connectivity index (χ2v) is 6.86. The van der Waals surface area contributed by atoms with Gasteiger partial charge in [0.25, 0.3) is 5.56 Å². The van der Waals surface area contributed by atoms with Gasteiger partial charge in [-0.25, -0.2) is 4.98 Å². The normalized spacial score (nSPS) is 22.6. The Labute approximate surface area is 142 Å². The van der Waals surface area contributed by atoms with Crippen molar-refractivity contribution >= 4 is 28.6 Å². The summed E-state index contributed by atoms with van der Waals surface area (Å²) in [4.78, 5) is 30.3. The number of H-pyrrole nitrogens is 1. The maximum Gasteiger partial charge on any atom is 0.250 e. The van der Waals surface area contributed by atoms with Crippen LogP contribution >= 0.6 is 11.6 Å². The van der Waals surface area contributed by atoms with Crippen LogP contribution < -0.4 is 10.5 Å². The zero-order valence-electron chi connectivity index (χ0n) is 12.8. The Balaban J connectivity index is 1.59. The second kappa shape index (κ2) is 5.04. The number of rotatable bonds is 1. The molecule has 3 aromatic rings. The van der Waals surface area contributed by atoms with E-state index in [9.17, 15) is 4.79 Å². The molecule has 2 aliphatic rings. The van der Waals surface area contributed by atoms with Crippen LogP contribution in [0.1, 0.15) is 18.0 Å². The molecule has 24 heavy (non-hydrogen) atoms. The summed E-state index contributed by atoms with van der Waals surface area (Å²) in [5, 5.41) is 0.206. The molecule has 2 aliphatic heterocycles. The Morgan fingerprint density at radius 2 is 2.12 bits per heavy atom. The van der Waals surface area contributed by atoms with Crippen molar-refractivity contribution in [3.63, 3.8) is 0 Å². The topological polar surface area (TPSA) is 79.7 Å². The van der Waals surface area contributed by atoms with Crippen LogP contribution in [0.25, 0.3) is 11.2 Å². The fraction of sp³-hybridized carbons (Fsp3) is 0.375. The summed E-state index contributed by atoms with van der Waals surface area (Å²) in [6.45, 7) is 2.41. The van der Waals surface area contributed by atoms with E-state index in [0.717, 1.165) is 43.1 Å². The first-order chi connectivity index (χ1) is 11.7. The summed E-state index contributed by atoms with van der Waals surface area (Å²) < 4.78 is 1.93. The standard InChI is InChI=1S/C16H15ClN6O/c17-16-20-14-13(18-8-19-14)15(21-16)22-5-9-4-10(7-22)11-2-1-3-12(24)23(11)6-9/h1-3,8-10H,4-7H2,(H,18,19,20,21)/t9-,10-/m0/s1. The molecule has 7 nitrogen and oxygen atoms in total. The quantitative estimate of drug-likeness (QED) is 0.682. The highest BCUT2D eigenvalue weighted by atomic mass is 35.5. The van der Waals surface area contributed by atoms with Crippen LogP contribution in [0, 0.1) is 5.92 Å². The molecule has 0 radical (unpaired) electrons. The highest BCUT2D eigenvalue weighted by Crippen LogP contribution is 2.37. The van der Waals surface area contributed by atoms with Crippen LogP contribution in [0.3, 0.4) is 0 Å². The lowest BCUT2D eigenvalue weighted by atomic mass is 9.83. The number of aromatic nitrogens is 5. The molecule has 1 fully saturated rings. The smallest absolute Gasteiger partial charge is 0.250 e. The minimum Gasteiger partial charge on any atom is -0.354 e. The summed E-state index contributed by atoms with van der Waals surface area (Å²) in [6, 6.07) is 5.55. The van der Waals surface area contributed by atoms with Gasteiger partial charge in [-0.05, 0) is 30.0 Å². The molecule has 2 bridgehead atoms. The zero-order valence-corrected chi connectivity index (χ0v) is 13.6. The lowest BCUT2D eigenvalue weighted by Gasteiger charge is -2.43. The lowest BCUT2D eigenvalue weighted by molar-refractivity contribution is 0.281. The van der Waals surface area contributed by atoms with Gasteiger partial charge in [0.05, 0.1) is 6.33 Å². The van der Waals surface area contributed by atoms with Crippen LogP contribution in [-0.4, -0.2) is 37.6 Å². The third kappa shape index (κ3) is 2.04. The summed E-state index contributed by atoms with van der Waals surface area (Å²) in [5.74, 6) is 1.53. The van der Waals surface area contributed by atoms with E-state index in [1.807, 2.05) is 10.6 Å². The largest absolute Gasteiger partial charge is 0.354 e. The van der Waals surface area contributed by atoms with E-state index in [4.69, 9.17) is 11.6 Å². The van der Waals surface area contributed by atoms with Gasteiger partial charge in [-0.15, -0.1) is 0 Å². The third-order valence-corrected chi connectivity index (χ3v) is 5.19. The van der Waals surface area contributed by atoms with Gasteiger partial charge in [0.1, 0.15) is 5.52 Å². The number of hydrogen-bond donors (Lipinski definition) is 1. The average Bonchev–Trinajstić information content (AvgIpc) is 3.03. The van der Waals surface area contributed by atoms with Gasteiger partial charge < -0.3 is 14.5 Å². The Morgan fingerprint density at radius 3 is 3.04 bits per heavy atom. The summed E-state index contributed by atoms with van der Waals surface area (Å²) >= 11 is 6.07. The molecule has 0 amide bonds. The zero-order chi connectivity index (χ0) is 16.3. The number of nitrogens with one attached hydrogen (secondary N) is 1. The molecule has 3 aromatic heterocycles. The Kier molecular flexibility index (Phi) is 2.94. The lowest BCUT2D eigenvalue weighted by Crippen LogP contribution is -2.47. The van der Waals surface area contributed by atoms with E-state index in [1.54, 1.807) is 12.4 Å². The van der Waals surface area contributed by atoms with E-state index < -0.39 is 0 Å². The van der Waals surface area contributed by atoms with Crippen LogP contribution in [0.5, 0.6) is 0 Å². The number of fused-ring (bicyclic) bond motifs is 5. The number of aromatic amines is 1. The monoisotopic (exact) mass is 342 g/mol. The van der Waals surface area contributed by atoms with Crippen LogP contribution in [0.2, 0.25) is 5.28 Å². The minimum absolute atomic E-state index is 0.0942. The van der Waals surface area contributed by atoms with E-state index >= 15 is 0 Å².